The molecule has 0 atom stereocenters. The zero-order valence-electron chi connectivity index (χ0n) is 10.8. The van der Waals surface area contributed by atoms with Crippen LogP contribution < -0.4 is 6.64 Å². The Bertz CT molecular complexity index is 697. The standard InChI is InChI=1S/2C6F5.ClH.In/c2*7-2-1-3(8)5(10)6(11)4(2)9;;/h;;1H;. The summed E-state index contributed by atoms with van der Waals surface area (Å²) < 4.78 is 128. The molecule has 0 saturated heterocycles. The molecule has 0 unspecified atom stereocenters. The Kier molecular flexibility index (Phi) is 6.48. The van der Waals surface area contributed by atoms with E-state index in [1.807, 2.05) is 0 Å². The topological polar surface area (TPSA) is 0 Å². The van der Waals surface area contributed by atoms with Crippen LogP contribution in [-0.4, -0.2) is 22.9 Å². The molecule has 0 saturated carbocycles. The molecule has 12 heteroatoms. The van der Waals surface area contributed by atoms with Gasteiger partial charge in [-0.3, -0.25) is 0 Å². The first kappa shape index (κ1) is 20.9. The average molecular weight is 485 g/mol. The molecule has 129 valence electrons. The zero-order valence-corrected chi connectivity index (χ0v) is 14.9. The Hall–Kier alpha value is -1.10. The van der Waals surface area contributed by atoms with Gasteiger partial charge in [-0.1, -0.05) is 0 Å². The number of halogens is 11. The fraction of sp³-hybridized carbons (Fsp3) is 0. The first-order valence-corrected chi connectivity index (χ1v) is 8.76. The van der Waals surface area contributed by atoms with Crippen LogP contribution in [0.25, 0.3) is 0 Å². The molecule has 0 fully saturated rings. The van der Waals surface area contributed by atoms with Crippen molar-refractivity contribution in [2.24, 2.45) is 0 Å². The van der Waals surface area contributed by atoms with Crippen LogP contribution in [0, 0.1) is 58.2 Å². The van der Waals surface area contributed by atoms with Crippen LogP contribution in [0.3, 0.4) is 0 Å². The molecule has 2 rings (SSSR count). The van der Waals surface area contributed by atoms with E-state index in [1.54, 1.807) is 0 Å². The maximum absolute atomic E-state index is 13.5. The maximum atomic E-state index is 13.5. The Labute approximate surface area is 144 Å². The quantitative estimate of drug-likeness (QED) is 0.349. The zero-order chi connectivity index (χ0) is 17.6. The molecule has 0 aliphatic rings. The summed E-state index contributed by atoms with van der Waals surface area (Å²) in [6.45, 7) is 0. The van der Waals surface area contributed by atoms with Crippen molar-refractivity contribution in [3.05, 3.63) is 58.2 Å². The van der Waals surface area contributed by atoms with Crippen molar-refractivity contribution in [1.29, 1.82) is 0 Å². The second-order valence-corrected chi connectivity index (χ2v) is 8.23. The van der Waals surface area contributed by atoms with Crippen LogP contribution in [0.15, 0.2) is 0 Å². The third-order valence-corrected chi connectivity index (χ3v) is 7.32. The molecule has 24 heavy (non-hydrogen) atoms. The summed E-state index contributed by atoms with van der Waals surface area (Å²) in [5.74, 6) is -23.9. The van der Waals surface area contributed by atoms with Crippen LogP contribution in [0.4, 0.5) is 43.9 Å². The summed E-state index contributed by atoms with van der Waals surface area (Å²) in [5.41, 5.74) is 0. The molecule has 0 spiro atoms. The fourth-order valence-electron chi connectivity index (χ4n) is 1.64. The molecule has 2 aromatic carbocycles. The molecule has 2 aromatic rings. The molecule has 0 heterocycles. The van der Waals surface area contributed by atoms with Crippen molar-refractivity contribution in [1.82, 2.24) is 0 Å². The number of hydrogen-bond acceptors (Lipinski definition) is 0. The molecule has 0 aromatic heterocycles. The second kappa shape index (κ2) is 7.42. The van der Waals surface area contributed by atoms with Gasteiger partial charge in [0.1, 0.15) is 0 Å². The Morgan fingerprint density at radius 3 is 0.708 bits per heavy atom. The van der Waals surface area contributed by atoms with Crippen LogP contribution >= 0.6 is 12.4 Å². The number of rotatable bonds is 2. The minimum absolute atomic E-state index is 0. The Morgan fingerprint density at radius 2 is 0.500 bits per heavy atom. The van der Waals surface area contributed by atoms with E-state index in [2.05, 4.69) is 0 Å². The van der Waals surface area contributed by atoms with Gasteiger partial charge in [-0.25, -0.2) is 0 Å². The van der Waals surface area contributed by atoms with Gasteiger partial charge >= 0.3 is 132 Å². The van der Waals surface area contributed by atoms with Crippen LogP contribution in [0.5, 0.6) is 0 Å². The van der Waals surface area contributed by atoms with E-state index in [0.717, 1.165) is 0 Å². The average Bonchev–Trinajstić information content (AvgIpc) is 2.54. The van der Waals surface area contributed by atoms with Gasteiger partial charge in [0.2, 0.25) is 0 Å². The molecule has 1 radical (unpaired) electrons. The van der Waals surface area contributed by atoms with E-state index < -0.39 is 87.7 Å². The van der Waals surface area contributed by atoms with E-state index in [-0.39, 0.29) is 12.4 Å². The van der Waals surface area contributed by atoms with Crippen LogP contribution in [0.1, 0.15) is 0 Å². The molecular formula is C12HClF10In. The Balaban J connectivity index is 0.00000288. The predicted octanol–water partition coefficient (Wildman–Crippen LogP) is 3.15. The van der Waals surface area contributed by atoms with Gasteiger partial charge in [-0.05, 0) is 0 Å². The normalized spacial score (nSPS) is 10.6. The third-order valence-electron chi connectivity index (χ3n) is 2.78. The predicted molar refractivity (Wildman–Crippen MR) is 64.7 cm³/mol. The van der Waals surface area contributed by atoms with Crippen molar-refractivity contribution in [3.63, 3.8) is 0 Å². The van der Waals surface area contributed by atoms with Crippen molar-refractivity contribution in [2.75, 3.05) is 0 Å². The van der Waals surface area contributed by atoms with E-state index >= 15 is 0 Å². The van der Waals surface area contributed by atoms with Crippen LogP contribution in [0.2, 0.25) is 0 Å². The van der Waals surface area contributed by atoms with Gasteiger partial charge in [-0.2, -0.15) is 0 Å². The Morgan fingerprint density at radius 1 is 0.333 bits per heavy atom. The van der Waals surface area contributed by atoms with Gasteiger partial charge in [0.15, 0.2) is 0 Å². The first-order chi connectivity index (χ1) is 10.6. The molecule has 0 N–H and O–H groups in total. The van der Waals surface area contributed by atoms with E-state index in [9.17, 15) is 43.9 Å². The first-order valence-electron chi connectivity index (χ1n) is 5.47. The van der Waals surface area contributed by atoms with E-state index in [4.69, 9.17) is 0 Å². The van der Waals surface area contributed by atoms with Crippen LogP contribution in [-0.2, 0) is 0 Å². The van der Waals surface area contributed by atoms with E-state index in [0.29, 0.717) is 0 Å². The summed E-state index contributed by atoms with van der Waals surface area (Å²) in [5, 5.41) is 0. The van der Waals surface area contributed by atoms with Gasteiger partial charge in [0, 0.05) is 0 Å². The third kappa shape index (κ3) is 3.19. The fourth-order valence-corrected chi connectivity index (χ4v) is 5.36. The summed E-state index contributed by atoms with van der Waals surface area (Å²) in [4.78, 5) is 0. The molecule has 0 bridgehead atoms. The van der Waals surface area contributed by atoms with Crippen molar-refractivity contribution >= 4 is 42.0 Å². The van der Waals surface area contributed by atoms with Crippen molar-refractivity contribution < 1.29 is 43.9 Å². The van der Waals surface area contributed by atoms with Gasteiger partial charge < -0.3 is 0 Å². The summed E-state index contributed by atoms with van der Waals surface area (Å²) in [6.07, 6.45) is 0. The number of hydrogen-bond donors (Lipinski definition) is 0. The minimum atomic E-state index is -3.82. The molecular weight excluding hydrogens is 484 g/mol. The second-order valence-electron chi connectivity index (χ2n) is 4.11. The SMILES string of the molecule is Cl.Fc1c(F)c(F)[c]([In][c]2c(F)c(F)c(F)c(F)c2F)c(F)c1F. The van der Waals surface area contributed by atoms with E-state index in [1.165, 1.54) is 0 Å². The summed E-state index contributed by atoms with van der Waals surface area (Å²) in [6, 6.07) is 0. The van der Waals surface area contributed by atoms with Gasteiger partial charge in [-0.15, -0.1) is 12.4 Å². The summed E-state index contributed by atoms with van der Waals surface area (Å²) in [7, 11) is 0. The molecule has 0 aliphatic heterocycles. The molecule has 0 nitrogen and oxygen atoms in total. The van der Waals surface area contributed by atoms with Crippen molar-refractivity contribution in [2.45, 2.75) is 0 Å². The van der Waals surface area contributed by atoms with Gasteiger partial charge in [0.25, 0.3) is 0 Å². The van der Waals surface area contributed by atoms with Gasteiger partial charge in [0.05, 0.1) is 0 Å². The summed E-state index contributed by atoms with van der Waals surface area (Å²) >= 11 is -3.82. The molecule has 0 aliphatic carbocycles. The monoisotopic (exact) mass is 485 g/mol. The molecule has 0 amide bonds. The van der Waals surface area contributed by atoms with Crippen molar-refractivity contribution in [3.8, 4) is 0 Å². The number of benzene rings is 2.